The fourth-order valence-corrected chi connectivity index (χ4v) is 3.03. The highest BCUT2D eigenvalue weighted by Gasteiger charge is 2.12. The summed E-state index contributed by atoms with van der Waals surface area (Å²) >= 11 is 3.35. The van der Waals surface area contributed by atoms with Crippen LogP contribution in [0.1, 0.15) is 18.4 Å². The van der Waals surface area contributed by atoms with Crippen molar-refractivity contribution in [1.82, 2.24) is 0 Å². The van der Waals surface area contributed by atoms with E-state index in [9.17, 15) is 8.42 Å². The van der Waals surface area contributed by atoms with Gasteiger partial charge in [0.1, 0.15) is 0 Å². The Balaban J connectivity index is 2.73. The summed E-state index contributed by atoms with van der Waals surface area (Å²) < 4.78 is 26.7. The van der Waals surface area contributed by atoms with Gasteiger partial charge < -0.3 is 5.11 Å². The zero-order chi connectivity index (χ0) is 12.9. The van der Waals surface area contributed by atoms with Crippen molar-refractivity contribution in [2.24, 2.45) is 0 Å². The lowest BCUT2D eigenvalue weighted by atomic mass is 10.2. The van der Waals surface area contributed by atoms with E-state index >= 15 is 0 Å². The summed E-state index contributed by atoms with van der Waals surface area (Å²) in [5, 5.41) is 8.61. The van der Waals surface area contributed by atoms with Crippen LogP contribution in [0.3, 0.4) is 0 Å². The smallest absolute Gasteiger partial charge is 0.232 e. The molecule has 0 spiro atoms. The second-order valence-corrected chi connectivity index (χ2v) is 6.42. The number of halogens is 1. The van der Waals surface area contributed by atoms with Crippen molar-refractivity contribution in [2.75, 3.05) is 17.1 Å². The Morgan fingerprint density at radius 1 is 1.35 bits per heavy atom. The summed E-state index contributed by atoms with van der Waals surface area (Å²) in [5.74, 6) is 0.0218. The van der Waals surface area contributed by atoms with Crippen molar-refractivity contribution < 1.29 is 13.5 Å². The summed E-state index contributed by atoms with van der Waals surface area (Å²) in [4.78, 5) is 0. The van der Waals surface area contributed by atoms with Crippen molar-refractivity contribution in [3.05, 3.63) is 28.2 Å². The molecule has 0 aromatic heterocycles. The Hall–Kier alpha value is -0.590. The van der Waals surface area contributed by atoms with Gasteiger partial charge in [0, 0.05) is 11.1 Å². The average molecular weight is 322 g/mol. The number of aryl methyl sites for hydroxylation is 1. The minimum atomic E-state index is -3.34. The molecule has 1 aromatic rings. The fraction of sp³-hybridized carbons (Fsp3) is 0.455. The second kappa shape index (κ2) is 6.37. The van der Waals surface area contributed by atoms with E-state index in [1.54, 1.807) is 12.1 Å². The standard InChI is InChI=1S/C11H16BrNO3S/c1-9-5-4-6-10(11(9)12)13-17(15,16)8-3-2-7-14/h4-6,13-14H,2-3,7-8H2,1H3. The Labute approximate surface area is 110 Å². The van der Waals surface area contributed by atoms with Crippen molar-refractivity contribution in [2.45, 2.75) is 19.8 Å². The number of anilines is 1. The normalized spacial score (nSPS) is 11.5. The van der Waals surface area contributed by atoms with E-state index in [2.05, 4.69) is 20.7 Å². The maximum atomic E-state index is 11.7. The second-order valence-electron chi connectivity index (χ2n) is 3.79. The highest BCUT2D eigenvalue weighted by Crippen LogP contribution is 2.26. The van der Waals surface area contributed by atoms with Gasteiger partial charge in [-0.25, -0.2) is 8.42 Å². The van der Waals surface area contributed by atoms with Gasteiger partial charge in [0.15, 0.2) is 0 Å². The van der Waals surface area contributed by atoms with Gasteiger partial charge in [-0.1, -0.05) is 12.1 Å². The van der Waals surface area contributed by atoms with Gasteiger partial charge in [-0.05, 0) is 47.3 Å². The minimum Gasteiger partial charge on any atom is -0.396 e. The molecule has 0 fully saturated rings. The number of nitrogens with one attached hydrogen (secondary N) is 1. The molecule has 0 saturated carbocycles. The van der Waals surface area contributed by atoms with Gasteiger partial charge >= 0.3 is 0 Å². The number of hydrogen-bond donors (Lipinski definition) is 2. The Morgan fingerprint density at radius 3 is 2.71 bits per heavy atom. The first kappa shape index (κ1) is 14.5. The Kier molecular flexibility index (Phi) is 5.42. The fourth-order valence-electron chi connectivity index (χ4n) is 1.35. The third-order valence-corrected chi connectivity index (χ3v) is 4.69. The van der Waals surface area contributed by atoms with Crippen LogP contribution in [0, 0.1) is 6.92 Å². The molecule has 0 heterocycles. The van der Waals surface area contributed by atoms with Crippen molar-refractivity contribution >= 4 is 31.6 Å². The van der Waals surface area contributed by atoms with Crippen LogP contribution in [0.15, 0.2) is 22.7 Å². The number of unbranched alkanes of at least 4 members (excludes halogenated alkanes) is 1. The van der Waals surface area contributed by atoms with Gasteiger partial charge in [0.05, 0.1) is 11.4 Å². The van der Waals surface area contributed by atoms with Crippen molar-refractivity contribution in [3.8, 4) is 0 Å². The molecule has 1 rings (SSSR count). The van der Waals surface area contributed by atoms with Gasteiger partial charge in [0.25, 0.3) is 0 Å². The summed E-state index contributed by atoms with van der Waals surface area (Å²) in [6, 6.07) is 5.40. The predicted molar refractivity (Wildman–Crippen MR) is 72.6 cm³/mol. The van der Waals surface area contributed by atoms with E-state index in [0.717, 1.165) is 10.0 Å². The van der Waals surface area contributed by atoms with E-state index in [1.807, 2.05) is 13.0 Å². The van der Waals surface area contributed by atoms with Crippen LogP contribution in [0.5, 0.6) is 0 Å². The van der Waals surface area contributed by atoms with Crippen LogP contribution in [0.4, 0.5) is 5.69 Å². The molecule has 4 nitrogen and oxygen atoms in total. The molecule has 96 valence electrons. The van der Waals surface area contributed by atoms with Crippen LogP contribution in [-0.2, 0) is 10.0 Å². The lowest BCUT2D eigenvalue weighted by molar-refractivity contribution is 0.287. The molecule has 1 aromatic carbocycles. The zero-order valence-corrected chi connectivity index (χ0v) is 12.0. The number of aliphatic hydroxyl groups excluding tert-OH is 1. The van der Waals surface area contributed by atoms with Crippen LogP contribution < -0.4 is 4.72 Å². The number of aliphatic hydroxyl groups is 1. The molecule has 0 aliphatic heterocycles. The van der Waals surface area contributed by atoms with Gasteiger partial charge in [-0.15, -0.1) is 0 Å². The third kappa shape index (κ3) is 4.65. The van der Waals surface area contributed by atoms with Gasteiger partial charge in [-0.2, -0.15) is 0 Å². The molecule has 0 aliphatic rings. The highest BCUT2D eigenvalue weighted by atomic mass is 79.9. The number of rotatable bonds is 6. The predicted octanol–water partition coefficient (Wildman–Crippen LogP) is 2.27. The van der Waals surface area contributed by atoms with Crippen LogP contribution >= 0.6 is 15.9 Å². The Morgan fingerprint density at radius 2 is 2.06 bits per heavy atom. The zero-order valence-electron chi connectivity index (χ0n) is 9.61. The molecule has 6 heteroatoms. The molecule has 0 unspecified atom stereocenters. The lowest BCUT2D eigenvalue weighted by Crippen LogP contribution is -2.17. The lowest BCUT2D eigenvalue weighted by Gasteiger charge is -2.10. The first-order valence-corrected chi connectivity index (χ1v) is 7.77. The molecule has 0 radical (unpaired) electrons. The molecule has 0 amide bonds. The molecule has 17 heavy (non-hydrogen) atoms. The number of hydrogen-bond acceptors (Lipinski definition) is 3. The third-order valence-electron chi connectivity index (χ3n) is 2.28. The van der Waals surface area contributed by atoms with Crippen LogP contribution in [0.2, 0.25) is 0 Å². The molecule has 0 bridgehead atoms. The summed E-state index contributed by atoms with van der Waals surface area (Å²) in [5.41, 5.74) is 1.52. The largest absolute Gasteiger partial charge is 0.396 e. The van der Waals surface area contributed by atoms with E-state index in [0.29, 0.717) is 18.5 Å². The molecule has 0 aliphatic carbocycles. The van der Waals surface area contributed by atoms with E-state index in [-0.39, 0.29) is 12.4 Å². The minimum absolute atomic E-state index is 0.0175. The molecule has 2 N–H and O–H groups in total. The van der Waals surface area contributed by atoms with E-state index in [1.165, 1.54) is 0 Å². The van der Waals surface area contributed by atoms with Crippen molar-refractivity contribution in [3.63, 3.8) is 0 Å². The topological polar surface area (TPSA) is 66.4 Å². The molecular weight excluding hydrogens is 306 g/mol. The van der Waals surface area contributed by atoms with Crippen LogP contribution in [0.25, 0.3) is 0 Å². The van der Waals surface area contributed by atoms with Gasteiger partial charge in [-0.3, -0.25) is 4.72 Å². The average Bonchev–Trinajstić information content (AvgIpc) is 2.25. The number of benzene rings is 1. The quantitative estimate of drug-likeness (QED) is 0.790. The SMILES string of the molecule is Cc1cccc(NS(=O)(=O)CCCCO)c1Br. The maximum Gasteiger partial charge on any atom is 0.232 e. The Bertz CT molecular complexity index is 474. The first-order chi connectivity index (χ1) is 7.96. The maximum absolute atomic E-state index is 11.7. The van der Waals surface area contributed by atoms with Crippen LogP contribution in [-0.4, -0.2) is 25.9 Å². The van der Waals surface area contributed by atoms with Gasteiger partial charge in [0.2, 0.25) is 10.0 Å². The summed E-state index contributed by atoms with van der Waals surface area (Å²) in [6.07, 6.45) is 0.950. The first-order valence-electron chi connectivity index (χ1n) is 5.33. The highest BCUT2D eigenvalue weighted by molar-refractivity contribution is 9.10. The summed E-state index contributed by atoms with van der Waals surface area (Å²) in [6.45, 7) is 1.91. The molecule has 0 atom stereocenters. The molecule has 0 saturated heterocycles. The van der Waals surface area contributed by atoms with E-state index in [4.69, 9.17) is 5.11 Å². The number of sulfonamides is 1. The monoisotopic (exact) mass is 321 g/mol. The van der Waals surface area contributed by atoms with Crippen molar-refractivity contribution in [1.29, 1.82) is 0 Å². The van der Waals surface area contributed by atoms with E-state index < -0.39 is 10.0 Å². The molecular formula is C11H16BrNO3S. The summed E-state index contributed by atoms with van der Waals surface area (Å²) in [7, 11) is -3.34.